The van der Waals surface area contributed by atoms with Crippen LogP contribution in [0, 0.1) is 69.2 Å². The van der Waals surface area contributed by atoms with Gasteiger partial charge in [0.25, 0.3) is 17.0 Å². The SMILES string of the molecule is C=C(C)c1ccccc1.C=C(c1ccccc1)c1ccc(C(=O)OC(C)(C)C)c(C)c1.Cc1cc(Br)ccc1C(=O)O.Cc1cc(Br)ccc1C(=O)OC(C)(C)C.Cc1cc(C(C)c2ccccc2)ccc1C(=O)O.Cc1cc(C(C)c2ccccc2)ccc1C(=O)OC(C)(C)C.Cc1cc(C)c(CN)c(=O)[nH]1.Cc1cc(C)c(CNC(=O)c2ccc(C(C)c3ccccc3)cc2C)c(=O)[nH]1. The Balaban J connectivity index is 0.000000244. The average molecular weight is 1960 g/mol. The van der Waals surface area contributed by atoms with Crippen LogP contribution in [0.2, 0.25) is 0 Å². The van der Waals surface area contributed by atoms with Gasteiger partial charge in [0.05, 0.1) is 27.8 Å². The molecular formula is C117H132Br2N4O13. The van der Waals surface area contributed by atoms with Crippen LogP contribution in [0.4, 0.5) is 0 Å². The lowest BCUT2D eigenvalue weighted by molar-refractivity contribution is 0.00560. The topological polar surface area (TPSA) is 274 Å². The Morgan fingerprint density at radius 1 is 0.353 bits per heavy atom. The highest BCUT2D eigenvalue weighted by Gasteiger charge is 2.25. The Labute approximate surface area is 820 Å². The summed E-state index contributed by atoms with van der Waals surface area (Å²) >= 11 is 6.61. The van der Waals surface area contributed by atoms with Crippen molar-refractivity contribution >= 4 is 78.8 Å². The highest BCUT2D eigenvalue weighted by molar-refractivity contribution is 9.10. The first-order valence-corrected chi connectivity index (χ1v) is 46.5. The number of pyridine rings is 2. The lowest BCUT2D eigenvalue weighted by Gasteiger charge is -2.21. The Bertz CT molecular complexity index is 6380. The molecule has 0 fully saturated rings. The number of benzene rings is 11. The van der Waals surface area contributed by atoms with Gasteiger partial charge in [0.1, 0.15) is 16.8 Å². The number of aryl methyl sites for hydroxylation is 10. The Morgan fingerprint density at radius 3 is 0.934 bits per heavy atom. The number of hydrogen-bond acceptors (Lipinski definition) is 12. The highest BCUT2D eigenvalue weighted by Crippen LogP contribution is 2.32. The van der Waals surface area contributed by atoms with E-state index in [9.17, 15) is 38.4 Å². The smallest absolute Gasteiger partial charge is 0.338 e. The number of nitrogens with one attached hydrogen (secondary N) is 3. The number of rotatable bonds is 18. The van der Waals surface area contributed by atoms with Crippen LogP contribution >= 0.6 is 31.9 Å². The molecular weight excluding hydrogens is 1830 g/mol. The molecule has 17 nitrogen and oxygen atoms in total. The van der Waals surface area contributed by atoms with Crippen LogP contribution in [0.5, 0.6) is 0 Å². The molecule has 0 spiro atoms. The van der Waals surface area contributed by atoms with Gasteiger partial charge in [-0.3, -0.25) is 14.4 Å². The second-order valence-corrected chi connectivity index (χ2v) is 38.3. The number of allylic oxidation sites excluding steroid dienone is 1. The first-order chi connectivity index (χ1) is 63.9. The minimum Gasteiger partial charge on any atom is -0.478 e. The minimum absolute atomic E-state index is 0.0648. The number of carboxylic acid groups (broad SMARTS) is 2. The lowest BCUT2D eigenvalue weighted by Crippen LogP contribution is -2.28. The first-order valence-electron chi connectivity index (χ1n) is 45.0. The van der Waals surface area contributed by atoms with Gasteiger partial charge in [-0.25, -0.2) is 24.0 Å². The van der Waals surface area contributed by atoms with E-state index in [1.54, 1.807) is 37.3 Å². The molecule has 3 unspecified atom stereocenters. The van der Waals surface area contributed by atoms with Crippen LogP contribution in [-0.2, 0) is 27.3 Å². The molecule has 0 aliphatic carbocycles. The second kappa shape index (κ2) is 52.4. The summed E-state index contributed by atoms with van der Waals surface area (Å²) in [6.45, 7) is 52.6. The van der Waals surface area contributed by atoms with Crippen LogP contribution in [0.3, 0.4) is 0 Å². The number of aromatic carboxylic acids is 2. The van der Waals surface area contributed by atoms with Crippen molar-refractivity contribution < 1.29 is 53.2 Å². The van der Waals surface area contributed by atoms with E-state index in [0.29, 0.717) is 57.0 Å². The average Bonchev–Trinajstić information content (AvgIpc) is 0.819. The number of aromatic nitrogens is 2. The molecule has 7 N–H and O–H groups in total. The fourth-order valence-electron chi connectivity index (χ4n) is 14.2. The van der Waals surface area contributed by atoms with Crippen LogP contribution < -0.4 is 22.2 Å². The molecule has 0 saturated heterocycles. The van der Waals surface area contributed by atoms with Crippen LogP contribution in [0.25, 0.3) is 11.1 Å². The number of amides is 1. The second-order valence-electron chi connectivity index (χ2n) is 36.4. The number of nitrogens with two attached hydrogens (primary N) is 1. The molecule has 13 aromatic rings. The summed E-state index contributed by atoms with van der Waals surface area (Å²) in [4.78, 5) is 99.1. The summed E-state index contributed by atoms with van der Waals surface area (Å²) in [7, 11) is 0. The Morgan fingerprint density at radius 2 is 0.640 bits per heavy atom. The number of carboxylic acids is 2. The molecule has 19 heteroatoms. The van der Waals surface area contributed by atoms with Crippen molar-refractivity contribution in [2.75, 3.05) is 0 Å². The van der Waals surface area contributed by atoms with E-state index in [2.05, 4.69) is 142 Å². The van der Waals surface area contributed by atoms with Crippen molar-refractivity contribution in [1.82, 2.24) is 15.3 Å². The molecule has 0 aliphatic heterocycles. The number of hydrogen-bond donors (Lipinski definition) is 6. The van der Waals surface area contributed by atoms with Gasteiger partial charge in [0, 0.05) is 67.9 Å². The van der Waals surface area contributed by atoms with E-state index in [1.165, 1.54) is 33.4 Å². The van der Waals surface area contributed by atoms with Gasteiger partial charge in [0.2, 0.25) is 0 Å². The molecule has 13 rings (SSSR count). The van der Waals surface area contributed by atoms with Crippen molar-refractivity contribution in [2.24, 2.45) is 5.73 Å². The zero-order valence-corrected chi connectivity index (χ0v) is 85.9. The fraction of sp³-hybridized carbons (Fsp3) is 0.265. The quantitative estimate of drug-likeness (QED) is 0.0344. The van der Waals surface area contributed by atoms with E-state index in [1.807, 2.05) is 314 Å². The van der Waals surface area contributed by atoms with Crippen LogP contribution in [-0.4, -0.2) is 72.7 Å². The molecule has 0 bridgehead atoms. The van der Waals surface area contributed by atoms with E-state index in [4.69, 9.17) is 30.2 Å². The summed E-state index contributed by atoms with van der Waals surface area (Å²) in [5.41, 5.74) is 29.7. The predicted molar refractivity (Wildman–Crippen MR) is 562 cm³/mol. The highest BCUT2D eigenvalue weighted by atomic mass is 79.9. The van der Waals surface area contributed by atoms with Gasteiger partial charge in [-0.1, -0.05) is 272 Å². The van der Waals surface area contributed by atoms with E-state index < -0.39 is 28.7 Å². The Hall–Kier alpha value is -13.5. The third kappa shape index (κ3) is 36.1. The maximum absolute atomic E-state index is 12.7. The van der Waals surface area contributed by atoms with E-state index in [0.717, 1.165) is 92.7 Å². The van der Waals surface area contributed by atoms with Gasteiger partial charge < -0.3 is 45.4 Å². The standard InChI is InChI=1S/C24H26N2O2.C20H24O2.C20H22O2.C16H16O2.C12H15BrO2.C9H10.C8H7BrO2.C8H12N2O/c1-15-12-17(3)26-24(28)22(15)14-25-23(27)21-11-10-20(13-16(21)2)18(4)19-8-6-5-7-9-19;2*1-14-13-17(15(2)16-9-7-6-8-10-16)11-12-18(14)19(21)22-20(3,4)5;1-11-10-14(8-9-15(11)16(17)18)12(2)13-6-4-3-5-7-13;1-8-7-9(13)5-6-10(8)11(14)15-12(2,3)4;1-8(2)9-6-4-3-5-7-9;1-5-4-6(9)2-3-7(5)8(10)11;1-5-3-6(2)10-8(11)7(5)4-9/h5-13,18H,14H2,1-4H3,(H,25,27)(H,26,28);6-13,15H,1-5H3;6-13H,2H2,1,3-5H3;3-10,12H,1-2H3,(H,17,18);5-7H,1-4H3;3-7H,1H2,2H3;2-4H,1H3,(H,10,11);3H,4,9H2,1-2H3,(H,10,11). The third-order valence-corrected chi connectivity index (χ3v) is 22.7. The summed E-state index contributed by atoms with van der Waals surface area (Å²) in [5.74, 6) is -1.92. The van der Waals surface area contributed by atoms with Crippen molar-refractivity contribution in [3.8, 4) is 0 Å². The van der Waals surface area contributed by atoms with Gasteiger partial charge in [-0.2, -0.15) is 0 Å². The molecule has 0 aliphatic rings. The number of H-pyrrole nitrogens is 2. The first kappa shape index (κ1) is 111. The molecule has 2 heterocycles. The lowest BCUT2D eigenvalue weighted by atomic mass is 9.91. The number of aromatic amines is 2. The van der Waals surface area contributed by atoms with Crippen LogP contribution in [0.15, 0.2) is 305 Å². The number of esters is 3. The fourth-order valence-corrected chi connectivity index (χ4v) is 15.2. The zero-order chi connectivity index (χ0) is 101. The van der Waals surface area contributed by atoms with Crippen molar-refractivity contribution in [3.05, 3.63) is 466 Å². The largest absolute Gasteiger partial charge is 0.478 e. The molecule has 712 valence electrons. The summed E-state index contributed by atoms with van der Waals surface area (Å²) in [6.07, 6.45) is 0. The van der Waals surface area contributed by atoms with Crippen molar-refractivity contribution in [1.29, 1.82) is 0 Å². The molecule has 1 amide bonds. The molecule has 2 aromatic heterocycles. The summed E-state index contributed by atoms with van der Waals surface area (Å²) < 4.78 is 18.0. The van der Waals surface area contributed by atoms with E-state index >= 15 is 0 Å². The zero-order valence-electron chi connectivity index (χ0n) is 82.8. The minimum atomic E-state index is -0.880. The normalized spacial score (nSPS) is 11.3. The van der Waals surface area contributed by atoms with Crippen molar-refractivity contribution in [2.45, 2.75) is 207 Å². The number of carbonyl (C=O) groups is 6. The maximum atomic E-state index is 12.7. The van der Waals surface area contributed by atoms with Gasteiger partial charge in [-0.15, -0.1) is 0 Å². The molecule has 11 aromatic carbocycles. The van der Waals surface area contributed by atoms with Gasteiger partial charge in [-0.05, 0) is 311 Å². The molecule has 0 radical (unpaired) electrons. The third-order valence-electron chi connectivity index (χ3n) is 21.7. The summed E-state index contributed by atoms with van der Waals surface area (Å²) in [5, 5.41) is 20.5. The monoisotopic (exact) mass is 1960 g/mol. The van der Waals surface area contributed by atoms with Crippen LogP contribution in [0.1, 0.15) is 287 Å². The van der Waals surface area contributed by atoms with E-state index in [-0.39, 0.29) is 53.3 Å². The number of ether oxygens (including phenoxy) is 3. The maximum Gasteiger partial charge on any atom is 0.338 e. The molecule has 136 heavy (non-hydrogen) atoms. The van der Waals surface area contributed by atoms with Gasteiger partial charge in [0.15, 0.2) is 0 Å². The molecule has 0 saturated carbocycles. The number of carbonyl (C=O) groups excluding carboxylic acids is 4. The van der Waals surface area contributed by atoms with Gasteiger partial charge >= 0.3 is 29.8 Å². The number of halogens is 2. The van der Waals surface area contributed by atoms with Crippen molar-refractivity contribution in [3.63, 3.8) is 0 Å². The Kier molecular flexibility index (Phi) is 42.9. The predicted octanol–water partition coefficient (Wildman–Crippen LogP) is 27.7. The molecule has 3 atom stereocenters. The summed E-state index contributed by atoms with van der Waals surface area (Å²) in [6, 6.07) is 88.7.